The molecule has 0 bridgehead atoms. The van der Waals surface area contributed by atoms with Gasteiger partial charge in [-0.15, -0.1) is 11.3 Å². The van der Waals surface area contributed by atoms with E-state index in [2.05, 4.69) is 52.0 Å². The van der Waals surface area contributed by atoms with Gasteiger partial charge in [0, 0.05) is 37.2 Å². The van der Waals surface area contributed by atoms with Crippen molar-refractivity contribution in [3.63, 3.8) is 0 Å². The van der Waals surface area contributed by atoms with E-state index in [9.17, 15) is 0 Å². The smallest absolute Gasteiger partial charge is 0.146 e. The van der Waals surface area contributed by atoms with E-state index in [0.29, 0.717) is 13.2 Å². The van der Waals surface area contributed by atoms with Crippen LogP contribution in [-0.2, 0) is 22.6 Å². The Hall–Kier alpha value is -2.84. The molecule has 0 saturated carbocycles. The van der Waals surface area contributed by atoms with Crippen molar-refractivity contribution in [1.82, 2.24) is 14.9 Å². The number of rotatable bonds is 10. The van der Waals surface area contributed by atoms with Crippen LogP contribution in [0.15, 0.2) is 66.0 Å². The zero-order chi connectivity index (χ0) is 23.0. The number of anilines is 1. The molecule has 176 valence electrons. The Labute approximate surface area is 204 Å². The zero-order valence-corrected chi connectivity index (χ0v) is 20.1. The average molecular weight is 475 g/mol. The quantitative estimate of drug-likeness (QED) is 0.319. The molecule has 0 aliphatic carbocycles. The van der Waals surface area contributed by atoms with Gasteiger partial charge in [-0.1, -0.05) is 60.7 Å². The van der Waals surface area contributed by atoms with Crippen LogP contribution in [0.4, 0.5) is 5.82 Å². The zero-order valence-electron chi connectivity index (χ0n) is 19.3. The van der Waals surface area contributed by atoms with Gasteiger partial charge in [-0.25, -0.2) is 9.97 Å². The highest BCUT2D eigenvalue weighted by atomic mass is 32.1. The SMILES string of the molecule is c1ccc(COCCCNc2nc(CN3CCOCC3)nc3scc(-c4ccccc4)c23)cc1. The lowest BCUT2D eigenvalue weighted by Gasteiger charge is -2.25. The highest BCUT2D eigenvalue weighted by molar-refractivity contribution is 7.17. The van der Waals surface area contributed by atoms with Crippen LogP contribution >= 0.6 is 11.3 Å². The average Bonchev–Trinajstić information content (AvgIpc) is 3.32. The first-order valence-corrected chi connectivity index (χ1v) is 12.7. The van der Waals surface area contributed by atoms with E-state index in [1.807, 2.05) is 24.3 Å². The molecule has 2 aromatic heterocycles. The largest absolute Gasteiger partial charge is 0.379 e. The lowest BCUT2D eigenvalue weighted by Crippen LogP contribution is -2.36. The number of nitrogens with zero attached hydrogens (tertiary/aromatic N) is 3. The van der Waals surface area contributed by atoms with Crippen molar-refractivity contribution in [1.29, 1.82) is 0 Å². The Bertz CT molecular complexity index is 1180. The topological polar surface area (TPSA) is 59.5 Å². The molecule has 4 aromatic rings. The molecular formula is C27H30N4O2S. The minimum atomic E-state index is 0.644. The first-order chi connectivity index (χ1) is 16.9. The van der Waals surface area contributed by atoms with Gasteiger partial charge in [0.25, 0.3) is 0 Å². The highest BCUT2D eigenvalue weighted by Crippen LogP contribution is 2.37. The molecule has 1 aliphatic heterocycles. The maximum absolute atomic E-state index is 5.86. The van der Waals surface area contributed by atoms with Gasteiger partial charge in [-0.3, -0.25) is 4.90 Å². The van der Waals surface area contributed by atoms with Gasteiger partial charge in [0.1, 0.15) is 16.5 Å². The van der Waals surface area contributed by atoms with E-state index in [0.717, 1.165) is 67.7 Å². The van der Waals surface area contributed by atoms with E-state index in [4.69, 9.17) is 19.4 Å². The van der Waals surface area contributed by atoms with Gasteiger partial charge in [-0.2, -0.15) is 0 Å². The summed E-state index contributed by atoms with van der Waals surface area (Å²) < 4.78 is 11.4. The van der Waals surface area contributed by atoms with Gasteiger partial charge >= 0.3 is 0 Å². The fourth-order valence-electron chi connectivity index (χ4n) is 4.12. The Morgan fingerprint density at radius 2 is 1.74 bits per heavy atom. The number of ether oxygens (including phenoxy) is 2. The molecule has 0 spiro atoms. The van der Waals surface area contributed by atoms with Crippen molar-refractivity contribution in [3.05, 3.63) is 77.4 Å². The van der Waals surface area contributed by atoms with Gasteiger partial charge < -0.3 is 14.8 Å². The van der Waals surface area contributed by atoms with Crippen molar-refractivity contribution in [3.8, 4) is 11.1 Å². The summed E-state index contributed by atoms with van der Waals surface area (Å²) in [5.41, 5.74) is 3.57. The summed E-state index contributed by atoms with van der Waals surface area (Å²) in [7, 11) is 0. The number of morpholine rings is 1. The number of thiophene rings is 1. The van der Waals surface area contributed by atoms with Crippen LogP contribution in [0.2, 0.25) is 0 Å². The molecule has 3 heterocycles. The molecule has 1 saturated heterocycles. The van der Waals surface area contributed by atoms with E-state index in [-0.39, 0.29) is 0 Å². The van der Waals surface area contributed by atoms with Crippen molar-refractivity contribution < 1.29 is 9.47 Å². The third kappa shape index (κ3) is 5.80. The summed E-state index contributed by atoms with van der Waals surface area (Å²) in [5.74, 6) is 1.77. The second-order valence-electron chi connectivity index (χ2n) is 8.39. The predicted octanol–water partition coefficient (Wildman–Crippen LogP) is 5.21. The van der Waals surface area contributed by atoms with Crippen LogP contribution in [0.5, 0.6) is 0 Å². The number of benzene rings is 2. The second kappa shape index (κ2) is 11.5. The van der Waals surface area contributed by atoms with Crippen LogP contribution in [0.1, 0.15) is 17.8 Å². The molecule has 0 radical (unpaired) electrons. The fourth-order valence-corrected chi connectivity index (χ4v) is 5.09. The molecule has 1 fully saturated rings. The van der Waals surface area contributed by atoms with Crippen molar-refractivity contribution >= 4 is 27.4 Å². The third-order valence-corrected chi connectivity index (χ3v) is 6.78. The summed E-state index contributed by atoms with van der Waals surface area (Å²) in [4.78, 5) is 13.3. The Morgan fingerprint density at radius 3 is 2.53 bits per heavy atom. The molecule has 5 rings (SSSR count). The van der Waals surface area contributed by atoms with Crippen LogP contribution in [-0.4, -0.2) is 54.3 Å². The predicted molar refractivity (Wildman–Crippen MR) is 138 cm³/mol. The molecule has 0 amide bonds. The van der Waals surface area contributed by atoms with E-state index < -0.39 is 0 Å². The first kappa shape index (κ1) is 22.9. The van der Waals surface area contributed by atoms with E-state index in [1.54, 1.807) is 11.3 Å². The van der Waals surface area contributed by atoms with Gasteiger partial charge in [0.2, 0.25) is 0 Å². The number of aromatic nitrogens is 2. The van der Waals surface area contributed by atoms with Gasteiger partial charge in [0.15, 0.2) is 0 Å². The number of nitrogens with one attached hydrogen (secondary N) is 1. The standard InChI is InChI=1S/C27H30N4O2S/c1-3-8-21(9-4-1)19-33-15-7-12-28-26-25-23(22-10-5-2-6-11-22)20-34-27(25)30-24(29-26)18-31-13-16-32-17-14-31/h1-6,8-11,20H,7,12-19H2,(H,28,29,30). The summed E-state index contributed by atoms with van der Waals surface area (Å²) in [6.45, 7) is 6.26. The molecule has 2 aromatic carbocycles. The van der Waals surface area contributed by atoms with E-state index in [1.165, 1.54) is 16.7 Å². The highest BCUT2D eigenvalue weighted by Gasteiger charge is 2.18. The maximum atomic E-state index is 5.86. The monoisotopic (exact) mass is 474 g/mol. The number of fused-ring (bicyclic) bond motifs is 1. The first-order valence-electron chi connectivity index (χ1n) is 11.9. The lowest BCUT2D eigenvalue weighted by atomic mass is 10.1. The van der Waals surface area contributed by atoms with Crippen molar-refractivity contribution in [2.45, 2.75) is 19.6 Å². The molecule has 1 aliphatic rings. The molecule has 0 atom stereocenters. The van der Waals surface area contributed by atoms with Crippen molar-refractivity contribution in [2.75, 3.05) is 44.8 Å². The minimum absolute atomic E-state index is 0.644. The Morgan fingerprint density at radius 1 is 0.971 bits per heavy atom. The Kier molecular flexibility index (Phi) is 7.78. The minimum Gasteiger partial charge on any atom is -0.379 e. The van der Waals surface area contributed by atoms with Crippen LogP contribution in [0.3, 0.4) is 0 Å². The number of hydrogen-bond acceptors (Lipinski definition) is 7. The summed E-state index contributed by atoms with van der Waals surface area (Å²) in [5, 5.41) is 6.89. The van der Waals surface area contributed by atoms with E-state index >= 15 is 0 Å². The molecule has 34 heavy (non-hydrogen) atoms. The van der Waals surface area contributed by atoms with Gasteiger partial charge in [0.05, 0.1) is 31.8 Å². The summed E-state index contributed by atoms with van der Waals surface area (Å²) >= 11 is 1.69. The van der Waals surface area contributed by atoms with Crippen molar-refractivity contribution in [2.24, 2.45) is 0 Å². The normalized spacial score (nSPS) is 14.5. The van der Waals surface area contributed by atoms with Crippen LogP contribution in [0.25, 0.3) is 21.3 Å². The summed E-state index contributed by atoms with van der Waals surface area (Å²) in [6.07, 6.45) is 0.905. The second-order valence-corrected chi connectivity index (χ2v) is 9.25. The Balaban J connectivity index is 1.30. The lowest BCUT2D eigenvalue weighted by molar-refractivity contribution is 0.0331. The fraction of sp³-hybridized carbons (Fsp3) is 0.333. The van der Waals surface area contributed by atoms with Crippen LogP contribution in [0, 0.1) is 0 Å². The maximum Gasteiger partial charge on any atom is 0.146 e. The molecule has 6 nitrogen and oxygen atoms in total. The molecule has 1 N–H and O–H groups in total. The summed E-state index contributed by atoms with van der Waals surface area (Å²) in [6, 6.07) is 20.8. The molecule has 7 heteroatoms. The molecular weight excluding hydrogens is 444 g/mol. The molecule has 0 unspecified atom stereocenters. The van der Waals surface area contributed by atoms with Crippen LogP contribution < -0.4 is 5.32 Å². The number of hydrogen-bond donors (Lipinski definition) is 1. The van der Waals surface area contributed by atoms with Gasteiger partial charge in [-0.05, 0) is 17.5 Å². The third-order valence-electron chi connectivity index (χ3n) is 5.90.